The van der Waals surface area contributed by atoms with Crippen molar-refractivity contribution in [3.05, 3.63) is 0 Å². The van der Waals surface area contributed by atoms with Gasteiger partial charge in [-0.3, -0.25) is 4.79 Å². The molecule has 0 N–H and O–H groups in total. The molecule has 2 aliphatic carbocycles. The van der Waals surface area contributed by atoms with Crippen molar-refractivity contribution in [2.45, 2.75) is 52.0 Å². The summed E-state index contributed by atoms with van der Waals surface area (Å²) in [6, 6.07) is 0. The van der Waals surface area contributed by atoms with Crippen molar-refractivity contribution in [1.29, 1.82) is 0 Å². The molecule has 0 aromatic heterocycles. The lowest BCUT2D eigenvalue weighted by Gasteiger charge is -2.49. The number of amides is 2. The zero-order chi connectivity index (χ0) is 13.1. The second-order valence-electron chi connectivity index (χ2n) is 6.49. The minimum absolute atomic E-state index is 0.0209. The Bertz CT molecular complexity index is 417. The quantitative estimate of drug-likeness (QED) is 0.719. The topological polar surface area (TPSA) is 46.6 Å². The fraction of sp³-hybridized carbons (Fsp3) is 0.857. The molecule has 3 atom stereocenters. The van der Waals surface area contributed by atoms with Crippen LogP contribution in [0.3, 0.4) is 0 Å². The Labute approximate surface area is 108 Å². The van der Waals surface area contributed by atoms with Crippen LogP contribution in [-0.4, -0.2) is 29.0 Å². The molecule has 2 amide bonds. The van der Waals surface area contributed by atoms with Gasteiger partial charge in [-0.15, -0.1) is 0 Å². The predicted octanol–water partition coefficient (Wildman–Crippen LogP) is 2.57. The SMILES string of the molecule is CCC(=O)N1C(=O)OC[C@@]12[C@@H]1CC[C@@H](C1)C2(C)C. The molecule has 0 radical (unpaired) electrons. The third-order valence-electron chi connectivity index (χ3n) is 5.79. The van der Waals surface area contributed by atoms with Gasteiger partial charge in [0.2, 0.25) is 5.91 Å². The van der Waals surface area contributed by atoms with Crippen LogP contribution in [0.15, 0.2) is 0 Å². The number of carbonyl (C=O) groups is 2. The van der Waals surface area contributed by atoms with Crippen LogP contribution < -0.4 is 0 Å². The van der Waals surface area contributed by atoms with Crippen LogP contribution in [0.5, 0.6) is 0 Å². The molecule has 0 unspecified atom stereocenters. The maximum absolute atomic E-state index is 12.2. The number of rotatable bonds is 1. The summed E-state index contributed by atoms with van der Waals surface area (Å²) in [5, 5.41) is 0. The highest BCUT2D eigenvalue weighted by Gasteiger charge is 2.70. The minimum atomic E-state index is -0.428. The summed E-state index contributed by atoms with van der Waals surface area (Å²) in [5.41, 5.74) is -0.396. The Morgan fingerprint density at radius 3 is 2.61 bits per heavy atom. The lowest BCUT2D eigenvalue weighted by molar-refractivity contribution is -0.137. The van der Waals surface area contributed by atoms with E-state index < -0.39 is 6.09 Å². The maximum atomic E-state index is 12.2. The molecule has 4 nitrogen and oxygen atoms in total. The molecule has 4 heteroatoms. The number of cyclic esters (lactones) is 1. The van der Waals surface area contributed by atoms with Gasteiger partial charge < -0.3 is 4.74 Å². The third kappa shape index (κ3) is 1.12. The number of imide groups is 1. The molecule has 1 saturated heterocycles. The van der Waals surface area contributed by atoms with Crippen LogP contribution >= 0.6 is 0 Å². The van der Waals surface area contributed by atoms with Gasteiger partial charge in [-0.2, -0.15) is 0 Å². The predicted molar refractivity (Wildman–Crippen MR) is 65.8 cm³/mol. The molecule has 1 heterocycles. The Balaban J connectivity index is 2.08. The van der Waals surface area contributed by atoms with E-state index in [1.807, 2.05) is 6.92 Å². The van der Waals surface area contributed by atoms with Crippen LogP contribution in [0.25, 0.3) is 0 Å². The van der Waals surface area contributed by atoms with Crippen molar-refractivity contribution in [3.8, 4) is 0 Å². The van der Waals surface area contributed by atoms with E-state index in [1.54, 1.807) is 0 Å². The van der Waals surface area contributed by atoms with E-state index in [0.29, 0.717) is 24.9 Å². The van der Waals surface area contributed by atoms with E-state index in [1.165, 1.54) is 11.3 Å². The first-order valence-electron chi connectivity index (χ1n) is 6.95. The van der Waals surface area contributed by atoms with Gasteiger partial charge in [-0.25, -0.2) is 9.69 Å². The monoisotopic (exact) mass is 251 g/mol. The molecule has 3 fully saturated rings. The van der Waals surface area contributed by atoms with Crippen LogP contribution in [0, 0.1) is 17.3 Å². The molecule has 18 heavy (non-hydrogen) atoms. The van der Waals surface area contributed by atoms with Crippen LogP contribution in [0.1, 0.15) is 46.5 Å². The summed E-state index contributed by atoms with van der Waals surface area (Å²) in [7, 11) is 0. The highest BCUT2D eigenvalue weighted by molar-refractivity contribution is 5.94. The number of carbonyl (C=O) groups excluding carboxylic acids is 2. The van der Waals surface area contributed by atoms with Gasteiger partial charge in [0.05, 0.1) is 5.54 Å². The average Bonchev–Trinajstić information content (AvgIpc) is 2.96. The lowest BCUT2D eigenvalue weighted by Crippen LogP contribution is -2.62. The second kappa shape index (κ2) is 3.49. The van der Waals surface area contributed by atoms with E-state index in [-0.39, 0.29) is 16.9 Å². The molecule has 3 aliphatic rings. The molecule has 1 aliphatic heterocycles. The Hall–Kier alpha value is -1.06. The van der Waals surface area contributed by atoms with E-state index in [4.69, 9.17) is 4.74 Å². The highest BCUT2D eigenvalue weighted by atomic mass is 16.6. The van der Waals surface area contributed by atoms with Crippen LogP contribution in [-0.2, 0) is 9.53 Å². The Morgan fingerprint density at radius 1 is 1.39 bits per heavy atom. The van der Waals surface area contributed by atoms with Gasteiger partial charge in [0.25, 0.3) is 0 Å². The van der Waals surface area contributed by atoms with E-state index in [9.17, 15) is 9.59 Å². The summed E-state index contributed by atoms with van der Waals surface area (Å²) >= 11 is 0. The number of fused-ring (bicyclic) bond motifs is 3. The zero-order valence-electron chi connectivity index (χ0n) is 11.4. The van der Waals surface area contributed by atoms with Crippen molar-refractivity contribution in [2.75, 3.05) is 6.61 Å². The van der Waals surface area contributed by atoms with Gasteiger partial charge in [0.15, 0.2) is 0 Å². The molecular weight excluding hydrogens is 230 g/mol. The van der Waals surface area contributed by atoms with Crippen molar-refractivity contribution >= 4 is 12.0 Å². The first-order valence-corrected chi connectivity index (χ1v) is 6.95. The van der Waals surface area contributed by atoms with Crippen LogP contribution in [0.2, 0.25) is 0 Å². The normalized spacial score (nSPS) is 40.6. The third-order valence-corrected chi connectivity index (χ3v) is 5.79. The average molecular weight is 251 g/mol. The van der Waals surface area contributed by atoms with Crippen molar-refractivity contribution < 1.29 is 14.3 Å². The Kier molecular flexibility index (Phi) is 2.32. The molecule has 3 rings (SSSR count). The summed E-state index contributed by atoms with van der Waals surface area (Å²) < 4.78 is 5.28. The molecule has 2 bridgehead atoms. The fourth-order valence-corrected chi connectivity index (χ4v) is 4.67. The molecule has 100 valence electrons. The first-order chi connectivity index (χ1) is 8.45. The summed E-state index contributed by atoms with van der Waals surface area (Å²) in [6.45, 7) is 6.61. The molecule has 1 spiro atoms. The maximum Gasteiger partial charge on any atom is 0.417 e. The molecule has 0 aromatic carbocycles. The number of ether oxygens (including phenoxy) is 1. The summed E-state index contributed by atoms with van der Waals surface area (Å²) in [5.74, 6) is 0.960. The molecule has 2 saturated carbocycles. The van der Waals surface area contributed by atoms with Crippen LogP contribution in [0.4, 0.5) is 4.79 Å². The summed E-state index contributed by atoms with van der Waals surface area (Å²) in [6.07, 6.45) is 3.42. The van der Waals surface area contributed by atoms with Crippen molar-refractivity contribution in [2.24, 2.45) is 17.3 Å². The number of hydrogen-bond acceptors (Lipinski definition) is 3. The van der Waals surface area contributed by atoms with Crippen molar-refractivity contribution in [3.63, 3.8) is 0 Å². The highest BCUT2D eigenvalue weighted by Crippen LogP contribution is 2.65. The second-order valence-corrected chi connectivity index (χ2v) is 6.49. The smallest absolute Gasteiger partial charge is 0.417 e. The standard InChI is InChI=1S/C14H21NO3/c1-4-11(16)15-12(17)18-8-14(15)10-6-5-9(7-10)13(14,2)3/h9-10H,4-8H2,1-3H3/t9-,10+,14-/m0/s1. The molecular formula is C14H21NO3. The van der Waals surface area contributed by atoms with E-state index >= 15 is 0 Å². The van der Waals surface area contributed by atoms with Gasteiger partial charge in [0.1, 0.15) is 6.61 Å². The van der Waals surface area contributed by atoms with Gasteiger partial charge in [0, 0.05) is 6.42 Å². The largest absolute Gasteiger partial charge is 0.447 e. The van der Waals surface area contributed by atoms with Gasteiger partial charge in [-0.05, 0) is 36.5 Å². The van der Waals surface area contributed by atoms with Gasteiger partial charge >= 0.3 is 6.09 Å². The zero-order valence-corrected chi connectivity index (χ0v) is 11.4. The number of hydrogen-bond donors (Lipinski definition) is 0. The molecule has 0 aromatic rings. The minimum Gasteiger partial charge on any atom is -0.447 e. The van der Waals surface area contributed by atoms with E-state index in [2.05, 4.69) is 13.8 Å². The van der Waals surface area contributed by atoms with E-state index in [0.717, 1.165) is 12.8 Å². The lowest BCUT2D eigenvalue weighted by atomic mass is 9.63. The fourth-order valence-electron chi connectivity index (χ4n) is 4.67. The summed E-state index contributed by atoms with van der Waals surface area (Å²) in [4.78, 5) is 25.6. The number of nitrogens with zero attached hydrogens (tertiary/aromatic N) is 1. The van der Waals surface area contributed by atoms with Gasteiger partial charge in [-0.1, -0.05) is 20.8 Å². The van der Waals surface area contributed by atoms with Crippen molar-refractivity contribution in [1.82, 2.24) is 4.90 Å². The Morgan fingerprint density at radius 2 is 2.06 bits per heavy atom. The first kappa shape index (κ1) is 12.0.